The van der Waals surface area contributed by atoms with Crippen LogP contribution in [-0.2, 0) is 13.1 Å². The number of hydrogen-bond donors (Lipinski definition) is 1. The highest BCUT2D eigenvalue weighted by Gasteiger charge is 2.37. The average molecular weight is 507 g/mol. The molecule has 190 valence electrons. The van der Waals surface area contributed by atoms with E-state index in [9.17, 15) is 23.5 Å². The molecule has 0 saturated carbocycles. The zero-order valence-corrected chi connectivity index (χ0v) is 19.8. The topological polar surface area (TPSA) is 81.0 Å². The van der Waals surface area contributed by atoms with Gasteiger partial charge in [-0.15, -0.1) is 0 Å². The normalized spacial score (nSPS) is 21.6. The molecule has 2 bridgehead atoms. The summed E-state index contributed by atoms with van der Waals surface area (Å²) in [7, 11) is 0. The SMILES string of the molecule is O=C1C(=Cc2ccccc2OC(F)F)Oc2c1ccc(O)c2CN1CC2CC(C1)c1cccc(=O)n1C2. The van der Waals surface area contributed by atoms with Crippen molar-refractivity contribution in [3.05, 3.63) is 93.1 Å². The van der Waals surface area contributed by atoms with Gasteiger partial charge in [0.15, 0.2) is 5.76 Å². The molecule has 6 rings (SSSR count). The van der Waals surface area contributed by atoms with Gasteiger partial charge < -0.3 is 19.1 Å². The fraction of sp³-hybridized carbons (Fsp3) is 0.286. The standard InChI is InChI=1S/C28H24F2N2O5/c29-28(30)37-23-6-2-1-4-17(23)11-24-26(35)19-8-9-22(33)20(27(19)36-24)15-31-12-16-10-18(14-31)21-5-3-7-25(34)32(21)13-16/h1-9,11,16,18,28,33H,10,12-15H2. The molecule has 1 aromatic heterocycles. The van der Waals surface area contributed by atoms with Gasteiger partial charge in [-0.3, -0.25) is 14.5 Å². The highest BCUT2D eigenvalue weighted by molar-refractivity contribution is 6.15. The first-order valence-electron chi connectivity index (χ1n) is 12.1. The first-order chi connectivity index (χ1) is 17.9. The highest BCUT2D eigenvalue weighted by atomic mass is 19.3. The van der Waals surface area contributed by atoms with Crippen molar-refractivity contribution in [1.82, 2.24) is 9.47 Å². The van der Waals surface area contributed by atoms with Crippen LogP contribution in [-0.4, -0.2) is 40.1 Å². The van der Waals surface area contributed by atoms with Crippen molar-refractivity contribution in [3.63, 3.8) is 0 Å². The van der Waals surface area contributed by atoms with Gasteiger partial charge >= 0.3 is 6.61 Å². The van der Waals surface area contributed by atoms with E-state index >= 15 is 0 Å². The highest BCUT2D eigenvalue weighted by Crippen LogP contribution is 2.42. The van der Waals surface area contributed by atoms with Crippen molar-refractivity contribution in [2.45, 2.75) is 32.0 Å². The Labute approximate surface area is 211 Å². The minimum atomic E-state index is -3.00. The third-order valence-electron chi connectivity index (χ3n) is 7.27. The number of aromatic nitrogens is 1. The molecular weight excluding hydrogens is 482 g/mol. The molecule has 0 spiro atoms. The van der Waals surface area contributed by atoms with Crippen molar-refractivity contribution in [2.75, 3.05) is 13.1 Å². The number of nitrogens with zero attached hydrogens (tertiary/aromatic N) is 2. The second kappa shape index (κ2) is 9.15. The Bertz CT molecular complexity index is 1480. The summed E-state index contributed by atoms with van der Waals surface area (Å²) in [5, 5.41) is 10.7. The fourth-order valence-corrected chi connectivity index (χ4v) is 5.74. The number of para-hydroxylation sites is 1. The second-order valence-electron chi connectivity index (χ2n) is 9.69. The molecule has 4 heterocycles. The number of carbonyl (C=O) groups excluding carboxylic acids is 1. The van der Waals surface area contributed by atoms with Crippen molar-refractivity contribution >= 4 is 11.9 Å². The molecular formula is C28H24F2N2O5. The fourth-order valence-electron chi connectivity index (χ4n) is 5.74. The van der Waals surface area contributed by atoms with Crippen LogP contribution in [0.1, 0.15) is 39.5 Å². The minimum Gasteiger partial charge on any atom is -0.507 e. The van der Waals surface area contributed by atoms with Gasteiger partial charge in [-0.2, -0.15) is 8.78 Å². The lowest BCUT2D eigenvalue weighted by Gasteiger charge is -2.42. The predicted molar refractivity (Wildman–Crippen MR) is 131 cm³/mol. The summed E-state index contributed by atoms with van der Waals surface area (Å²) in [6.45, 7) is -0.531. The molecule has 0 radical (unpaired) electrons. The quantitative estimate of drug-likeness (QED) is 0.517. The van der Waals surface area contributed by atoms with Crippen LogP contribution in [0.3, 0.4) is 0 Å². The molecule has 0 aliphatic carbocycles. The molecule has 2 atom stereocenters. The Kier molecular flexibility index (Phi) is 5.79. The number of benzene rings is 2. The smallest absolute Gasteiger partial charge is 0.387 e. The number of aromatic hydroxyl groups is 1. The predicted octanol–water partition coefficient (Wildman–Crippen LogP) is 4.39. The van der Waals surface area contributed by atoms with E-state index in [4.69, 9.17) is 4.74 Å². The van der Waals surface area contributed by atoms with Crippen LogP contribution >= 0.6 is 0 Å². The number of ketones is 1. The number of halogens is 2. The van der Waals surface area contributed by atoms with Crippen molar-refractivity contribution in [3.8, 4) is 17.2 Å². The molecule has 3 aliphatic heterocycles. The number of hydrogen-bond acceptors (Lipinski definition) is 6. The van der Waals surface area contributed by atoms with E-state index in [2.05, 4.69) is 9.64 Å². The molecule has 2 unspecified atom stereocenters. The van der Waals surface area contributed by atoms with Gasteiger partial charge in [-0.25, -0.2) is 0 Å². The third-order valence-corrected chi connectivity index (χ3v) is 7.27. The van der Waals surface area contributed by atoms with Crippen molar-refractivity contribution in [2.24, 2.45) is 5.92 Å². The maximum Gasteiger partial charge on any atom is 0.387 e. The number of carbonyl (C=O) groups is 1. The van der Waals surface area contributed by atoms with Gasteiger partial charge in [0.2, 0.25) is 5.78 Å². The number of phenols is 1. The molecule has 0 amide bonds. The Morgan fingerprint density at radius 2 is 1.89 bits per heavy atom. The Balaban J connectivity index is 1.28. The molecule has 3 aliphatic rings. The van der Waals surface area contributed by atoms with E-state index in [-0.39, 0.29) is 40.0 Å². The Hall–Kier alpha value is -3.98. The summed E-state index contributed by atoms with van der Waals surface area (Å²) in [5.74, 6) is 0.291. The van der Waals surface area contributed by atoms with Crippen molar-refractivity contribution in [1.29, 1.82) is 0 Å². The molecule has 1 N–H and O–H groups in total. The second-order valence-corrected chi connectivity index (χ2v) is 9.69. The first kappa shape index (κ1) is 23.4. The van der Waals surface area contributed by atoms with Gasteiger partial charge in [0.25, 0.3) is 5.56 Å². The summed E-state index contributed by atoms with van der Waals surface area (Å²) in [5.41, 5.74) is 2.13. The third kappa shape index (κ3) is 4.29. The van der Waals surface area contributed by atoms with Crippen LogP contribution in [0, 0.1) is 5.92 Å². The minimum absolute atomic E-state index is 0.0154. The summed E-state index contributed by atoms with van der Waals surface area (Å²) in [6, 6.07) is 14.5. The number of phenolic OH excluding ortho intramolecular Hbond substituents is 1. The number of ether oxygens (including phenoxy) is 2. The van der Waals surface area contributed by atoms with Gasteiger partial charge in [0.05, 0.1) is 11.1 Å². The molecule has 3 aromatic rings. The summed E-state index contributed by atoms with van der Waals surface area (Å²) in [4.78, 5) is 27.7. The molecule has 1 fully saturated rings. The molecule has 2 aromatic carbocycles. The lowest BCUT2D eigenvalue weighted by atomic mass is 9.83. The maximum absolute atomic E-state index is 13.1. The zero-order chi connectivity index (χ0) is 25.7. The van der Waals surface area contributed by atoms with Crippen molar-refractivity contribution < 1.29 is 28.2 Å². The van der Waals surface area contributed by atoms with E-state index in [0.29, 0.717) is 36.7 Å². The van der Waals surface area contributed by atoms with Crippen LogP contribution in [0.25, 0.3) is 6.08 Å². The van der Waals surface area contributed by atoms with Crippen LogP contribution in [0.4, 0.5) is 8.78 Å². The number of likely N-dealkylation sites (tertiary alicyclic amines) is 1. The van der Waals surface area contributed by atoms with E-state index in [1.807, 2.05) is 10.6 Å². The van der Waals surface area contributed by atoms with Crippen LogP contribution < -0.4 is 15.0 Å². The Morgan fingerprint density at radius 1 is 1.05 bits per heavy atom. The van der Waals surface area contributed by atoms with E-state index in [0.717, 1.165) is 18.7 Å². The zero-order valence-electron chi connectivity index (χ0n) is 19.8. The number of piperidine rings is 1. The van der Waals surface area contributed by atoms with Gasteiger partial charge in [0, 0.05) is 49.4 Å². The number of allylic oxidation sites excluding steroid dienone is 1. The first-order valence-corrected chi connectivity index (χ1v) is 12.1. The molecule has 37 heavy (non-hydrogen) atoms. The largest absolute Gasteiger partial charge is 0.507 e. The van der Waals surface area contributed by atoms with Crippen LogP contribution in [0.15, 0.2) is 65.2 Å². The van der Waals surface area contributed by atoms with E-state index < -0.39 is 12.4 Å². The molecule has 9 heteroatoms. The van der Waals surface area contributed by atoms with Gasteiger partial charge in [-0.1, -0.05) is 24.3 Å². The van der Waals surface area contributed by atoms with Crippen LogP contribution in [0.2, 0.25) is 0 Å². The summed E-state index contributed by atoms with van der Waals surface area (Å²) in [6.07, 6.45) is 2.38. The van der Waals surface area contributed by atoms with E-state index in [1.165, 1.54) is 24.3 Å². The number of Topliss-reactive ketones (excluding diaryl/α,β-unsaturated/α-hetero) is 1. The van der Waals surface area contributed by atoms with E-state index in [1.54, 1.807) is 30.3 Å². The Morgan fingerprint density at radius 3 is 2.73 bits per heavy atom. The van der Waals surface area contributed by atoms with Gasteiger partial charge in [-0.05, 0) is 42.7 Å². The van der Waals surface area contributed by atoms with Crippen LogP contribution in [0.5, 0.6) is 17.2 Å². The monoisotopic (exact) mass is 506 g/mol. The lowest BCUT2D eigenvalue weighted by Crippen LogP contribution is -2.46. The van der Waals surface area contributed by atoms with Gasteiger partial charge in [0.1, 0.15) is 17.2 Å². The lowest BCUT2D eigenvalue weighted by molar-refractivity contribution is -0.0499. The summed E-state index contributed by atoms with van der Waals surface area (Å²) < 4.78 is 38.0. The maximum atomic E-state index is 13.1. The summed E-state index contributed by atoms with van der Waals surface area (Å²) >= 11 is 0. The number of fused-ring (bicyclic) bond motifs is 5. The number of rotatable bonds is 5. The number of alkyl halides is 2. The average Bonchev–Trinajstić information content (AvgIpc) is 3.18. The number of pyridine rings is 1. The molecule has 7 nitrogen and oxygen atoms in total. The molecule has 1 saturated heterocycles.